The number of nitrogens with zero attached hydrogens (tertiary/aromatic N) is 1. The lowest BCUT2D eigenvalue weighted by atomic mass is 10.2. The van der Waals surface area contributed by atoms with Crippen molar-refractivity contribution in [3.05, 3.63) is 22.4 Å². The molecule has 0 aromatic carbocycles. The largest absolute Gasteiger partial charge is 0.348 e. The Balaban J connectivity index is 1.77. The molecule has 0 saturated carbocycles. The van der Waals surface area contributed by atoms with Crippen molar-refractivity contribution in [3.63, 3.8) is 0 Å². The number of carbonyl (C=O) groups excluding carboxylic acids is 1. The molecule has 1 unspecified atom stereocenters. The third kappa shape index (κ3) is 4.30. The summed E-state index contributed by atoms with van der Waals surface area (Å²) < 4.78 is 0. The van der Waals surface area contributed by atoms with Gasteiger partial charge in [0.05, 0.1) is 12.6 Å². The van der Waals surface area contributed by atoms with Crippen LogP contribution < -0.4 is 5.32 Å². The van der Waals surface area contributed by atoms with E-state index in [4.69, 9.17) is 0 Å². The Morgan fingerprint density at radius 3 is 3.17 bits per heavy atom. The van der Waals surface area contributed by atoms with Gasteiger partial charge in [-0.1, -0.05) is 6.07 Å². The molecular weight excluding hydrogens is 264 g/mol. The molecular formula is C13H20N2OS2. The lowest BCUT2D eigenvalue weighted by molar-refractivity contribution is -0.122. The molecule has 2 rings (SSSR count). The van der Waals surface area contributed by atoms with Gasteiger partial charge in [0.25, 0.3) is 0 Å². The Bertz CT molecular complexity index is 359. The standard InChI is InChI=1S/C13H20N2OS2/c1-11(12-4-2-8-18-12)14-13(16)10-15-5-3-7-17-9-6-15/h2,4,8,11H,3,5-7,9-10H2,1H3,(H,14,16). The molecule has 1 atom stereocenters. The van der Waals surface area contributed by atoms with Crippen LogP contribution in [0.4, 0.5) is 0 Å². The maximum Gasteiger partial charge on any atom is 0.234 e. The van der Waals surface area contributed by atoms with Crippen LogP contribution in [0, 0.1) is 0 Å². The van der Waals surface area contributed by atoms with Gasteiger partial charge in [0.2, 0.25) is 5.91 Å². The summed E-state index contributed by atoms with van der Waals surface area (Å²) in [6.45, 7) is 4.66. The molecule has 1 fully saturated rings. The van der Waals surface area contributed by atoms with E-state index in [1.54, 1.807) is 11.3 Å². The minimum atomic E-state index is 0.124. The molecule has 1 aliphatic rings. The number of hydrogen-bond acceptors (Lipinski definition) is 4. The maximum absolute atomic E-state index is 12.0. The maximum atomic E-state index is 12.0. The zero-order chi connectivity index (χ0) is 12.8. The smallest absolute Gasteiger partial charge is 0.234 e. The Morgan fingerprint density at radius 1 is 1.50 bits per heavy atom. The van der Waals surface area contributed by atoms with Gasteiger partial charge >= 0.3 is 0 Å². The number of carbonyl (C=O) groups is 1. The Hall–Kier alpha value is -0.520. The first kappa shape index (κ1) is 13.9. The molecule has 1 N–H and O–H groups in total. The molecule has 0 aliphatic carbocycles. The molecule has 5 heteroatoms. The van der Waals surface area contributed by atoms with Gasteiger partial charge < -0.3 is 5.32 Å². The van der Waals surface area contributed by atoms with Gasteiger partial charge in [0.15, 0.2) is 0 Å². The van der Waals surface area contributed by atoms with Crippen molar-refractivity contribution in [1.82, 2.24) is 10.2 Å². The highest BCUT2D eigenvalue weighted by molar-refractivity contribution is 7.99. The van der Waals surface area contributed by atoms with Gasteiger partial charge in [-0.25, -0.2) is 0 Å². The van der Waals surface area contributed by atoms with Crippen molar-refractivity contribution in [2.75, 3.05) is 31.1 Å². The van der Waals surface area contributed by atoms with E-state index in [-0.39, 0.29) is 11.9 Å². The van der Waals surface area contributed by atoms with E-state index < -0.39 is 0 Å². The Morgan fingerprint density at radius 2 is 2.39 bits per heavy atom. The number of rotatable bonds is 4. The van der Waals surface area contributed by atoms with Crippen LogP contribution in [0.3, 0.4) is 0 Å². The molecule has 100 valence electrons. The minimum Gasteiger partial charge on any atom is -0.348 e. The van der Waals surface area contributed by atoms with Crippen molar-refractivity contribution in [1.29, 1.82) is 0 Å². The third-order valence-corrected chi connectivity index (χ3v) is 5.13. The molecule has 1 amide bonds. The number of hydrogen-bond donors (Lipinski definition) is 1. The topological polar surface area (TPSA) is 32.3 Å². The molecule has 0 bridgehead atoms. The Labute approximate surface area is 117 Å². The molecule has 0 spiro atoms. The Kier molecular flexibility index (Phi) is 5.53. The van der Waals surface area contributed by atoms with Crippen molar-refractivity contribution in [2.45, 2.75) is 19.4 Å². The molecule has 2 heterocycles. The fourth-order valence-electron chi connectivity index (χ4n) is 2.05. The van der Waals surface area contributed by atoms with Crippen molar-refractivity contribution in [3.8, 4) is 0 Å². The normalized spacial score (nSPS) is 19.2. The minimum absolute atomic E-state index is 0.124. The van der Waals surface area contributed by atoms with E-state index in [1.165, 1.54) is 17.1 Å². The first-order chi connectivity index (χ1) is 8.75. The number of amides is 1. The first-order valence-corrected chi connectivity index (χ1v) is 8.42. The SMILES string of the molecule is CC(NC(=O)CN1CCCSCC1)c1cccs1. The highest BCUT2D eigenvalue weighted by Gasteiger charge is 2.15. The van der Waals surface area contributed by atoms with Gasteiger partial charge in [-0.2, -0.15) is 11.8 Å². The fraction of sp³-hybridized carbons (Fsp3) is 0.615. The summed E-state index contributed by atoms with van der Waals surface area (Å²) in [6.07, 6.45) is 1.19. The molecule has 3 nitrogen and oxygen atoms in total. The highest BCUT2D eigenvalue weighted by atomic mass is 32.2. The molecule has 18 heavy (non-hydrogen) atoms. The van der Waals surface area contributed by atoms with Crippen LogP contribution in [-0.2, 0) is 4.79 Å². The summed E-state index contributed by atoms with van der Waals surface area (Å²) in [6, 6.07) is 4.21. The summed E-state index contributed by atoms with van der Waals surface area (Å²) in [4.78, 5) is 15.5. The summed E-state index contributed by atoms with van der Waals surface area (Å²) >= 11 is 3.68. The summed E-state index contributed by atoms with van der Waals surface area (Å²) in [5, 5.41) is 5.12. The summed E-state index contributed by atoms with van der Waals surface area (Å²) in [7, 11) is 0. The zero-order valence-electron chi connectivity index (χ0n) is 10.7. The van der Waals surface area contributed by atoms with Gasteiger partial charge in [-0.15, -0.1) is 11.3 Å². The van der Waals surface area contributed by atoms with E-state index >= 15 is 0 Å². The van der Waals surface area contributed by atoms with Crippen LogP contribution in [0.2, 0.25) is 0 Å². The first-order valence-electron chi connectivity index (χ1n) is 6.38. The summed E-state index contributed by atoms with van der Waals surface area (Å²) in [5.41, 5.74) is 0. The molecule has 1 aromatic rings. The van der Waals surface area contributed by atoms with Crippen LogP contribution in [0.15, 0.2) is 17.5 Å². The van der Waals surface area contributed by atoms with Crippen LogP contribution in [0.25, 0.3) is 0 Å². The van der Waals surface area contributed by atoms with E-state index in [2.05, 4.69) is 16.3 Å². The van der Waals surface area contributed by atoms with Gasteiger partial charge in [0, 0.05) is 17.2 Å². The monoisotopic (exact) mass is 284 g/mol. The zero-order valence-corrected chi connectivity index (χ0v) is 12.4. The molecule has 1 aliphatic heterocycles. The number of nitrogens with one attached hydrogen (secondary N) is 1. The fourth-order valence-corrected chi connectivity index (χ4v) is 3.71. The number of thioether (sulfide) groups is 1. The molecule has 0 radical (unpaired) electrons. The number of thiophene rings is 1. The van der Waals surface area contributed by atoms with E-state index in [0.717, 1.165) is 18.8 Å². The van der Waals surface area contributed by atoms with Crippen LogP contribution in [0.5, 0.6) is 0 Å². The van der Waals surface area contributed by atoms with Crippen LogP contribution in [0.1, 0.15) is 24.3 Å². The van der Waals surface area contributed by atoms with Gasteiger partial charge in [-0.3, -0.25) is 9.69 Å². The molecule has 1 aromatic heterocycles. The van der Waals surface area contributed by atoms with Gasteiger partial charge in [-0.05, 0) is 37.1 Å². The van der Waals surface area contributed by atoms with E-state index in [1.807, 2.05) is 30.1 Å². The van der Waals surface area contributed by atoms with E-state index in [0.29, 0.717) is 6.54 Å². The van der Waals surface area contributed by atoms with Crippen molar-refractivity contribution < 1.29 is 4.79 Å². The van der Waals surface area contributed by atoms with Crippen molar-refractivity contribution >= 4 is 29.0 Å². The second-order valence-electron chi connectivity index (χ2n) is 4.55. The third-order valence-electron chi connectivity index (χ3n) is 3.03. The second-order valence-corrected chi connectivity index (χ2v) is 6.75. The van der Waals surface area contributed by atoms with Crippen molar-refractivity contribution in [2.24, 2.45) is 0 Å². The summed E-state index contributed by atoms with van der Waals surface area (Å²) in [5.74, 6) is 2.51. The predicted octanol–water partition coefficient (Wildman–Crippen LogP) is 2.36. The van der Waals surface area contributed by atoms with Gasteiger partial charge in [0.1, 0.15) is 0 Å². The lowest BCUT2D eigenvalue weighted by Crippen LogP contribution is -2.39. The van der Waals surface area contributed by atoms with E-state index in [9.17, 15) is 4.79 Å². The highest BCUT2D eigenvalue weighted by Crippen LogP contribution is 2.18. The molecule has 1 saturated heterocycles. The quantitative estimate of drug-likeness (QED) is 0.921. The lowest BCUT2D eigenvalue weighted by Gasteiger charge is -2.20. The average Bonchev–Trinajstić information content (AvgIpc) is 2.76. The average molecular weight is 284 g/mol. The van der Waals surface area contributed by atoms with Crippen LogP contribution in [-0.4, -0.2) is 41.9 Å². The van der Waals surface area contributed by atoms with Crippen LogP contribution >= 0.6 is 23.1 Å². The second kappa shape index (κ2) is 7.16. The predicted molar refractivity (Wildman–Crippen MR) is 79.3 cm³/mol.